The zero-order chi connectivity index (χ0) is 17.3. The van der Waals surface area contributed by atoms with Gasteiger partial charge in [-0.15, -0.1) is 0 Å². The van der Waals surface area contributed by atoms with E-state index in [2.05, 4.69) is 5.32 Å². The van der Waals surface area contributed by atoms with E-state index in [0.29, 0.717) is 19.3 Å². The molecule has 1 aliphatic rings. The maximum absolute atomic E-state index is 13.1. The van der Waals surface area contributed by atoms with Crippen molar-refractivity contribution in [2.75, 3.05) is 6.61 Å². The first-order chi connectivity index (χ1) is 10.7. The van der Waals surface area contributed by atoms with E-state index in [9.17, 15) is 18.0 Å². The van der Waals surface area contributed by atoms with Crippen LogP contribution in [0.3, 0.4) is 0 Å². The molecule has 1 fully saturated rings. The molecule has 1 saturated carbocycles. The molecule has 1 aromatic rings. The van der Waals surface area contributed by atoms with Crippen LogP contribution in [0.2, 0.25) is 0 Å². The molecular formula is C17H22F3NO2. The predicted molar refractivity (Wildman–Crippen MR) is 80.8 cm³/mol. The summed E-state index contributed by atoms with van der Waals surface area (Å²) >= 11 is 0. The van der Waals surface area contributed by atoms with Crippen LogP contribution in [0.4, 0.5) is 13.2 Å². The van der Waals surface area contributed by atoms with E-state index in [1.165, 1.54) is 12.1 Å². The van der Waals surface area contributed by atoms with Gasteiger partial charge in [-0.2, -0.15) is 13.2 Å². The predicted octanol–water partition coefficient (Wildman–Crippen LogP) is 3.48. The second kappa shape index (κ2) is 6.51. The first kappa shape index (κ1) is 17.8. The van der Waals surface area contributed by atoms with E-state index < -0.39 is 23.2 Å². The molecule has 2 rings (SSSR count). The summed E-state index contributed by atoms with van der Waals surface area (Å²) in [4.78, 5) is 12.3. The molecule has 0 radical (unpaired) electrons. The van der Waals surface area contributed by atoms with E-state index in [1.807, 2.05) is 13.8 Å². The fourth-order valence-corrected chi connectivity index (χ4v) is 2.87. The molecule has 3 atom stereocenters. The zero-order valence-corrected chi connectivity index (χ0v) is 13.3. The average Bonchev–Trinajstić information content (AvgIpc) is 3.27. The summed E-state index contributed by atoms with van der Waals surface area (Å²) in [5, 5.41) is 12.0. The molecular weight excluding hydrogens is 307 g/mol. The van der Waals surface area contributed by atoms with E-state index in [1.54, 1.807) is 6.07 Å². The first-order valence-corrected chi connectivity index (χ1v) is 7.81. The number of rotatable bonds is 6. The molecule has 1 aliphatic carbocycles. The molecule has 6 heteroatoms. The van der Waals surface area contributed by atoms with Gasteiger partial charge in [0.25, 0.3) is 0 Å². The zero-order valence-electron chi connectivity index (χ0n) is 13.3. The van der Waals surface area contributed by atoms with Crippen molar-refractivity contribution in [2.24, 2.45) is 5.92 Å². The third kappa shape index (κ3) is 4.05. The fourth-order valence-electron chi connectivity index (χ4n) is 2.87. The summed E-state index contributed by atoms with van der Waals surface area (Å²) in [5.41, 5.74) is -0.989. The van der Waals surface area contributed by atoms with Gasteiger partial charge in [0.15, 0.2) is 0 Å². The minimum absolute atomic E-state index is 0.0460. The lowest BCUT2D eigenvalue weighted by atomic mass is 9.94. The van der Waals surface area contributed by atoms with Gasteiger partial charge in [0.05, 0.1) is 5.56 Å². The second-order valence-corrected chi connectivity index (χ2v) is 6.41. The fraction of sp³-hybridized carbons (Fsp3) is 0.588. The van der Waals surface area contributed by atoms with Crippen LogP contribution in [-0.2, 0) is 11.0 Å². The van der Waals surface area contributed by atoms with Crippen molar-refractivity contribution in [3.8, 4) is 0 Å². The van der Waals surface area contributed by atoms with Crippen molar-refractivity contribution in [2.45, 2.75) is 50.7 Å². The lowest BCUT2D eigenvalue weighted by molar-refractivity contribution is -0.138. The van der Waals surface area contributed by atoms with Crippen molar-refractivity contribution in [3.05, 3.63) is 35.4 Å². The highest BCUT2D eigenvalue weighted by molar-refractivity contribution is 5.83. The number of carbonyl (C=O) groups is 1. The van der Waals surface area contributed by atoms with Gasteiger partial charge < -0.3 is 10.4 Å². The molecule has 0 saturated heterocycles. The van der Waals surface area contributed by atoms with Crippen molar-refractivity contribution in [1.29, 1.82) is 0 Å². The molecule has 3 unspecified atom stereocenters. The average molecular weight is 329 g/mol. The number of hydrogen-bond acceptors (Lipinski definition) is 2. The van der Waals surface area contributed by atoms with Gasteiger partial charge in [-0.3, -0.25) is 4.79 Å². The van der Waals surface area contributed by atoms with E-state index in [-0.39, 0.29) is 24.0 Å². The standard InChI is InChI=1S/C17H22F3NO2/c1-3-16(2,8-9-22)21-15(23)13-10-12(13)11-6-4-5-7-14(11)17(18,19)20/h4-7,12-13,22H,3,8-10H2,1-2H3,(H,21,23). The lowest BCUT2D eigenvalue weighted by Gasteiger charge is -2.29. The van der Waals surface area contributed by atoms with Gasteiger partial charge in [-0.1, -0.05) is 25.1 Å². The number of amides is 1. The minimum Gasteiger partial charge on any atom is -0.396 e. The summed E-state index contributed by atoms with van der Waals surface area (Å²) in [6, 6.07) is 5.44. The molecule has 1 aromatic carbocycles. The third-order valence-corrected chi connectivity index (χ3v) is 4.66. The Morgan fingerprint density at radius 1 is 1.35 bits per heavy atom. The largest absolute Gasteiger partial charge is 0.416 e. The van der Waals surface area contributed by atoms with Crippen LogP contribution >= 0.6 is 0 Å². The summed E-state index contributed by atoms with van der Waals surface area (Å²) in [5.74, 6) is -1.05. The molecule has 3 nitrogen and oxygen atoms in total. The molecule has 0 heterocycles. The van der Waals surface area contributed by atoms with Crippen molar-refractivity contribution >= 4 is 5.91 Å². The molecule has 2 N–H and O–H groups in total. The maximum Gasteiger partial charge on any atom is 0.416 e. The maximum atomic E-state index is 13.1. The highest BCUT2D eigenvalue weighted by Gasteiger charge is 2.48. The summed E-state index contributed by atoms with van der Waals surface area (Å²) in [6.07, 6.45) is -2.91. The smallest absolute Gasteiger partial charge is 0.396 e. The second-order valence-electron chi connectivity index (χ2n) is 6.41. The van der Waals surface area contributed by atoms with Crippen LogP contribution in [0, 0.1) is 5.92 Å². The van der Waals surface area contributed by atoms with Gasteiger partial charge in [-0.05, 0) is 43.7 Å². The number of hydrogen-bond donors (Lipinski definition) is 2. The Bertz CT molecular complexity index is 573. The van der Waals surface area contributed by atoms with Gasteiger partial charge in [0.1, 0.15) is 0 Å². The molecule has 1 amide bonds. The van der Waals surface area contributed by atoms with Crippen LogP contribution in [0.15, 0.2) is 24.3 Å². The van der Waals surface area contributed by atoms with Gasteiger partial charge >= 0.3 is 6.18 Å². The van der Waals surface area contributed by atoms with Crippen LogP contribution in [0.25, 0.3) is 0 Å². The summed E-state index contributed by atoms with van der Waals surface area (Å²) < 4.78 is 39.2. The van der Waals surface area contributed by atoms with Crippen LogP contribution in [0.5, 0.6) is 0 Å². The van der Waals surface area contributed by atoms with Crippen LogP contribution in [0.1, 0.15) is 50.2 Å². The third-order valence-electron chi connectivity index (χ3n) is 4.66. The van der Waals surface area contributed by atoms with Crippen molar-refractivity contribution in [1.82, 2.24) is 5.32 Å². The number of aliphatic hydroxyl groups excluding tert-OH is 1. The number of benzene rings is 1. The van der Waals surface area contributed by atoms with Crippen molar-refractivity contribution < 1.29 is 23.1 Å². The molecule has 0 bridgehead atoms. The van der Waals surface area contributed by atoms with Crippen LogP contribution < -0.4 is 5.32 Å². The highest BCUT2D eigenvalue weighted by atomic mass is 19.4. The van der Waals surface area contributed by atoms with Gasteiger partial charge in [-0.25, -0.2) is 0 Å². The van der Waals surface area contributed by atoms with Gasteiger partial charge in [0, 0.05) is 18.1 Å². The topological polar surface area (TPSA) is 49.3 Å². The monoisotopic (exact) mass is 329 g/mol. The summed E-state index contributed by atoms with van der Waals surface area (Å²) in [7, 11) is 0. The Balaban J connectivity index is 2.10. The van der Waals surface area contributed by atoms with E-state index in [4.69, 9.17) is 5.11 Å². The summed E-state index contributed by atoms with van der Waals surface area (Å²) in [6.45, 7) is 3.69. The lowest BCUT2D eigenvalue weighted by Crippen LogP contribution is -2.47. The number of aliphatic hydroxyl groups is 1. The number of alkyl halides is 3. The SMILES string of the molecule is CCC(C)(CCO)NC(=O)C1CC1c1ccccc1C(F)(F)F. The minimum atomic E-state index is -4.41. The molecule has 0 aliphatic heterocycles. The van der Waals surface area contributed by atoms with Crippen LogP contribution in [-0.4, -0.2) is 23.2 Å². The number of halogens is 3. The quantitative estimate of drug-likeness (QED) is 0.839. The highest BCUT2D eigenvalue weighted by Crippen LogP contribution is 2.51. The normalized spacial score (nSPS) is 23.2. The Morgan fingerprint density at radius 2 is 2.00 bits per heavy atom. The Morgan fingerprint density at radius 3 is 2.57 bits per heavy atom. The van der Waals surface area contributed by atoms with Gasteiger partial charge in [0.2, 0.25) is 5.91 Å². The van der Waals surface area contributed by atoms with E-state index in [0.717, 1.165) is 6.07 Å². The number of carbonyl (C=O) groups excluding carboxylic acids is 1. The first-order valence-electron chi connectivity index (χ1n) is 7.81. The molecule has 0 spiro atoms. The Labute approximate surface area is 133 Å². The molecule has 0 aromatic heterocycles. The Kier molecular flexibility index (Phi) is 5.04. The molecule has 23 heavy (non-hydrogen) atoms. The van der Waals surface area contributed by atoms with Crippen molar-refractivity contribution in [3.63, 3.8) is 0 Å². The molecule has 128 valence electrons. The number of nitrogens with one attached hydrogen (secondary N) is 1. The Hall–Kier alpha value is -1.56. The van der Waals surface area contributed by atoms with E-state index >= 15 is 0 Å².